The number of carbonyl (C=O) groups is 4. The Labute approximate surface area is 325 Å². The molecule has 0 unspecified atom stereocenters. The molecule has 2 saturated heterocycles. The average Bonchev–Trinajstić information content (AvgIpc) is 4.05. The molecule has 1 aromatic carbocycles. The summed E-state index contributed by atoms with van der Waals surface area (Å²) in [5, 5.41) is 6.34. The van der Waals surface area contributed by atoms with Gasteiger partial charge in [-0.2, -0.15) is 0 Å². The molecule has 292 valence electrons. The predicted molar refractivity (Wildman–Crippen MR) is 210 cm³/mol. The van der Waals surface area contributed by atoms with Gasteiger partial charge in [0.15, 0.2) is 0 Å². The third-order valence-electron chi connectivity index (χ3n) is 10.8. The predicted octanol–water partition coefficient (Wildman–Crippen LogP) is 5.56. The van der Waals surface area contributed by atoms with Gasteiger partial charge in [0.2, 0.25) is 18.2 Å². The van der Waals surface area contributed by atoms with Crippen molar-refractivity contribution >= 4 is 35.2 Å². The molecular formula is C41H48N10O5. The lowest BCUT2D eigenvalue weighted by atomic mass is 10.0. The molecule has 4 amide bonds. The van der Waals surface area contributed by atoms with Crippen molar-refractivity contribution in [1.29, 1.82) is 0 Å². The van der Waals surface area contributed by atoms with Gasteiger partial charge in [0.05, 0.1) is 54.2 Å². The van der Waals surface area contributed by atoms with Crippen LogP contribution in [0.15, 0.2) is 61.2 Å². The van der Waals surface area contributed by atoms with E-state index in [-0.39, 0.29) is 35.7 Å². The van der Waals surface area contributed by atoms with E-state index in [1.54, 1.807) is 17.3 Å². The fourth-order valence-corrected chi connectivity index (χ4v) is 7.77. The Morgan fingerprint density at radius 2 is 1.36 bits per heavy atom. The third-order valence-corrected chi connectivity index (χ3v) is 10.8. The minimum atomic E-state index is -0.700. The van der Waals surface area contributed by atoms with Crippen molar-refractivity contribution in [2.75, 3.05) is 20.2 Å². The second-order valence-corrected chi connectivity index (χ2v) is 15.2. The maximum Gasteiger partial charge on any atom is 0.407 e. The van der Waals surface area contributed by atoms with E-state index in [0.717, 1.165) is 76.2 Å². The number of methoxy groups -OCH3 is 1. The molecule has 4 aromatic heterocycles. The highest BCUT2D eigenvalue weighted by Gasteiger charge is 2.38. The van der Waals surface area contributed by atoms with E-state index in [9.17, 15) is 19.2 Å². The van der Waals surface area contributed by atoms with Crippen LogP contribution in [0.3, 0.4) is 0 Å². The Kier molecular flexibility index (Phi) is 11.1. The summed E-state index contributed by atoms with van der Waals surface area (Å²) < 4.78 is 4.75. The highest BCUT2D eigenvalue weighted by molar-refractivity contribution is 5.88. The number of aromatic nitrogens is 6. The van der Waals surface area contributed by atoms with E-state index in [0.29, 0.717) is 25.3 Å². The quantitative estimate of drug-likeness (QED) is 0.118. The van der Waals surface area contributed by atoms with Crippen LogP contribution in [0.5, 0.6) is 0 Å². The minimum Gasteiger partial charge on any atom is -0.453 e. The van der Waals surface area contributed by atoms with Crippen LogP contribution in [-0.4, -0.2) is 96.3 Å². The highest BCUT2D eigenvalue weighted by atomic mass is 16.5. The number of fused-ring (bicyclic) bond motifs is 1. The Morgan fingerprint density at radius 1 is 0.750 bits per heavy atom. The molecule has 5 aromatic rings. The molecule has 56 heavy (non-hydrogen) atoms. The van der Waals surface area contributed by atoms with Gasteiger partial charge in [0.1, 0.15) is 23.7 Å². The number of H-pyrrole nitrogens is 2. The van der Waals surface area contributed by atoms with Crippen LogP contribution < -0.4 is 10.6 Å². The van der Waals surface area contributed by atoms with Crippen LogP contribution in [0.1, 0.15) is 77.1 Å². The van der Waals surface area contributed by atoms with Crippen LogP contribution in [0.4, 0.5) is 4.79 Å². The molecule has 2 aliphatic rings. The summed E-state index contributed by atoms with van der Waals surface area (Å²) in [5.41, 5.74) is 5.91. The van der Waals surface area contributed by atoms with Gasteiger partial charge >= 0.3 is 6.09 Å². The summed E-state index contributed by atoms with van der Waals surface area (Å²) in [5.74, 6) is 1.01. The van der Waals surface area contributed by atoms with Crippen LogP contribution in [0.2, 0.25) is 0 Å². The first-order valence-corrected chi connectivity index (χ1v) is 19.2. The van der Waals surface area contributed by atoms with E-state index >= 15 is 0 Å². The molecule has 0 spiro atoms. The van der Waals surface area contributed by atoms with Gasteiger partial charge < -0.3 is 35.1 Å². The van der Waals surface area contributed by atoms with Gasteiger partial charge in [-0.25, -0.2) is 14.8 Å². The van der Waals surface area contributed by atoms with Crippen molar-refractivity contribution in [3.8, 4) is 33.8 Å². The van der Waals surface area contributed by atoms with Crippen molar-refractivity contribution in [2.24, 2.45) is 11.8 Å². The second kappa shape index (κ2) is 16.3. The molecule has 2 aliphatic heterocycles. The molecular weight excluding hydrogens is 713 g/mol. The van der Waals surface area contributed by atoms with Gasteiger partial charge in [-0.1, -0.05) is 45.9 Å². The van der Waals surface area contributed by atoms with Crippen LogP contribution in [-0.2, 0) is 19.1 Å². The van der Waals surface area contributed by atoms with E-state index < -0.39 is 18.2 Å². The fourth-order valence-electron chi connectivity index (χ4n) is 7.77. The molecule has 7 rings (SSSR count). The Bertz CT molecular complexity index is 2210. The maximum atomic E-state index is 13.5. The summed E-state index contributed by atoms with van der Waals surface area (Å²) in [4.78, 5) is 79.2. The first-order chi connectivity index (χ1) is 27.1. The number of hydrogen-bond acceptors (Lipinski definition) is 9. The summed E-state index contributed by atoms with van der Waals surface area (Å²) in [7, 11) is 1.28. The summed E-state index contributed by atoms with van der Waals surface area (Å²) in [6.07, 6.45) is 10.4. The number of rotatable bonds is 12. The summed E-state index contributed by atoms with van der Waals surface area (Å²) in [6, 6.07) is 10.4. The van der Waals surface area contributed by atoms with Crippen LogP contribution in [0, 0.1) is 11.8 Å². The molecule has 15 heteroatoms. The molecule has 4 atom stereocenters. The van der Waals surface area contributed by atoms with Crippen molar-refractivity contribution < 1.29 is 23.9 Å². The molecule has 0 bridgehead atoms. The molecule has 0 aliphatic carbocycles. The number of hydrogen-bond donors (Lipinski definition) is 4. The Hall–Kier alpha value is -6.12. The van der Waals surface area contributed by atoms with Gasteiger partial charge in [0.25, 0.3) is 0 Å². The summed E-state index contributed by atoms with van der Waals surface area (Å²) >= 11 is 0. The third kappa shape index (κ3) is 7.70. The Balaban J connectivity index is 1.03. The number of alkyl carbamates (subject to hydrolysis) is 1. The normalized spacial score (nSPS) is 18.1. The van der Waals surface area contributed by atoms with Gasteiger partial charge in [-0.15, -0.1) is 0 Å². The Morgan fingerprint density at radius 3 is 1.96 bits per heavy atom. The molecule has 2 fully saturated rings. The topological polar surface area (TPSA) is 191 Å². The molecule has 6 heterocycles. The number of likely N-dealkylation sites (tertiary alicyclic amines) is 2. The zero-order valence-electron chi connectivity index (χ0n) is 32.3. The first kappa shape index (κ1) is 38.2. The SMILES string of the molecule is COC(=O)N[C@H](C(=O)N1CCC[C@H]1c1ncc(-c2ccc(-c3ccc4cc(-c5cnc([C@@H]6CCCN6C(=O)[C@@H](NC=O)C(C)C)[nH]5)cnc4c3)cn2)[nH]1)C(C)C. The monoisotopic (exact) mass is 760 g/mol. The van der Waals surface area contributed by atoms with E-state index in [4.69, 9.17) is 14.7 Å². The van der Waals surface area contributed by atoms with Crippen molar-refractivity contribution in [3.05, 3.63) is 72.8 Å². The zero-order chi connectivity index (χ0) is 39.5. The molecule has 4 N–H and O–H groups in total. The van der Waals surface area contributed by atoms with Crippen molar-refractivity contribution in [2.45, 2.75) is 77.5 Å². The van der Waals surface area contributed by atoms with Crippen molar-refractivity contribution in [3.63, 3.8) is 0 Å². The molecule has 0 saturated carbocycles. The number of nitrogens with one attached hydrogen (secondary N) is 4. The van der Waals surface area contributed by atoms with E-state index in [1.165, 1.54) is 7.11 Å². The minimum absolute atomic E-state index is 0.0324. The van der Waals surface area contributed by atoms with E-state index in [1.807, 2.05) is 75.3 Å². The molecule has 0 radical (unpaired) electrons. The van der Waals surface area contributed by atoms with Gasteiger partial charge in [0, 0.05) is 42.0 Å². The number of pyridine rings is 2. The smallest absolute Gasteiger partial charge is 0.407 e. The standard InChI is InChI=1S/C41H48N10O5/c1-23(2)35(46-22-52)39(53)50-14-6-8-33(50)37-44-20-31(47-37)28-16-26-11-10-25(17-30(26)43-19-28)27-12-13-29(42-18-27)32-21-45-38(48-32)34-9-7-15-51(34)40(54)36(24(3)4)49-41(55)56-5/h10-13,16-24,33-36H,6-9,14-15H2,1-5H3,(H,44,47)(H,45,48)(H,46,52)(H,49,55)/t33-,34-,35-,36-/m0/s1. The second-order valence-electron chi connectivity index (χ2n) is 15.2. The largest absolute Gasteiger partial charge is 0.453 e. The maximum absolute atomic E-state index is 13.5. The lowest BCUT2D eigenvalue weighted by molar-refractivity contribution is -0.137. The zero-order valence-corrected chi connectivity index (χ0v) is 32.3. The lowest BCUT2D eigenvalue weighted by Gasteiger charge is -2.30. The number of nitrogens with zero attached hydrogens (tertiary/aromatic N) is 6. The summed E-state index contributed by atoms with van der Waals surface area (Å²) in [6.45, 7) is 8.83. The average molecular weight is 761 g/mol. The van der Waals surface area contributed by atoms with Crippen molar-refractivity contribution in [1.82, 2.24) is 50.3 Å². The number of amides is 4. The fraction of sp³-hybridized carbons (Fsp3) is 0.415. The lowest BCUT2D eigenvalue weighted by Crippen LogP contribution is -2.51. The van der Waals surface area contributed by atoms with Gasteiger partial charge in [-0.3, -0.25) is 24.4 Å². The molecule has 15 nitrogen and oxygen atoms in total. The van der Waals surface area contributed by atoms with Crippen LogP contribution >= 0.6 is 0 Å². The number of ether oxygens (including phenoxy) is 1. The number of imidazole rings is 2. The van der Waals surface area contributed by atoms with Crippen LogP contribution in [0.25, 0.3) is 44.7 Å². The van der Waals surface area contributed by atoms with E-state index in [2.05, 4.69) is 36.6 Å². The highest BCUT2D eigenvalue weighted by Crippen LogP contribution is 2.35. The first-order valence-electron chi connectivity index (χ1n) is 19.2. The number of aromatic amines is 2. The van der Waals surface area contributed by atoms with Gasteiger partial charge in [-0.05, 0) is 61.3 Å². The number of benzene rings is 1. The number of carbonyl (C=O) groups excluding carboxylic acids is 4.